The fourth-order valence-electron chi connectivity index (χ4n) is 6.38. The molecule has 2 saturated heterocycles. The molecule has 2 fully saturated rings. The molecule has 0 bridgehead atoms. The SMILES string of the molecule is CCC(=O)O[C@H](CC)CC(=O)NC1[C@H](OCC2O[C@H](O)C(NC(=O)C[C@H](O)CC)[C@@H](OC(=O)C[C@H](O)CC)[C@@H]2O)OC(CO)[C@@H](OP(=O)(O)O)[C@@H]1OC(=O)C[C@@H](CC)OC(=O)CC. The molecule has 364 valence electrons. The van der Waals surface area contributed by atoms with E-state index in [4.69, 9.17) is 37.7 Å². The van der Waals surface area contributed by atoms with Gasteiger partial charge in [0.2, 0.25) is 11.8 Å². The number of aliphatic hydroxyl groups excluding tert-OH is 5. The smallest absolute Gasteiger partial charge is 0.462 e. The van der Waals surface area contributed by atoms with Crippen molar-refractivity contribution < 1.29 is 106 Å². The Bertz CT molecular complexity index is 1530. The molecule has 2 amide bonds. The average molecular weight is 933 g/mol. The lowest BCUT2D eigenvalue weighted by atomic mass is 9.95. The lowest BCUT2D eigenvalue weighted by Gasteiger charge is -2.46. The number of hydrogen-bond acceptors (Lipinski definition) is 20. The molecule has 2 heterocycles. The van der Waals surface area contributed by atoms with Crippen molar-refractivity contribution in [3.05, 3.63) is 0 Å². The van der Waals surface area contributed by atoms with Crippen molar-refractivity contribution in [3.63, 3.8) is 0 Å². The zero-order chi connectivity index (χ0) is 47.6. The summed E-state index contributed by atoms with van der Waals surface area (Å²) in [5.74, 6) is -5.14. The van der Waals surface area contributed by atoms with Gasteiger partial charge in [0.25, 0.3) is 0 Å². The van der Waals surface area contributed by atoms with Gasteiger partial charge in [-0.05, 0) is 25.7 Å². The summed E-state index contributed by atoms with van der Waals surface area (Å²) in [6, 6.07) is -3.43. The first kappa shape index (κ1) is 55.7. The molecule has 0 spiro atoms. The van der Waals surface area contributed by atoms with Gasteiger partial charge in [0.05, 0.1) is 51.1 Å². The molecule has 9 N–H and O–H groups in total. The van der Waals surface area contributed by atoms with Crippen molar-refractivity contribution in [3.8, 4) is 0 Å². The van der Waals surface area contributed by atoms with Gasteiger partial charge in [-0.15, -0.1) is 0 Å². The van der Waals surface area contributed by atoms with Crippen LogP contribution in [0.5, 0.6) is 0 Å². The van der Waals surface area contributed by atoms with Crippen molar-refractivity contribution in [2.24, 2.45) is 0 Å². The van der Waals surface area contributed by atoms with Crippen molar-refractivity contribution >= 4 is 43.5 Å². The van der Waals surface area contributed by atoms with Crippen LogP contribution in [0.4, 0.5) is 0 Å². The van der Waals surface area contributed by atoms with Gasteiger partial charge in [-0.2, -0.15) is 0 Å². The third kappa shape index (κ3) is 18.6. The highest BCUT2D eigenvalue weighted by Gasteiger charge is 2.54. The topological polar surface area (TPSA) is 359 Å². The summed E-state index contributed by atoms with van der Waals surface area (Å²) in [5.41, 5.74) is 0. The van der Waals surface area contributed by atoms with Gasteiger partial charge in [-0.1, -0.05) is 41.5 Å². The Balaban J connectivity index is 2.59. The lowest BCUT2D eigenvalue weighted by Crippen LogP contribution is -2.68. The third-order valence-electron chi connectivity index (χ3n) is 10.1. The second-order valence-corrected chi connectivity index (χ2v) is 16.2. The molecule has 25 heteroatoms. The minimum Gasteiger partial charge on any atom is -0.462 e. The molecule has 0 aliphatic carbocycles. The van der Waals surface area contributed by atoms with Crippen LogP contribution in [0, 0.1) is 0 Å². The first-order valence-electron chi connectivity index (χ1n) is 21.0. The molecule has 2 aliphatic heterocycles. The van der Waals surface area contributed by atoms with Gasteiger partial charge >= 0.3 is 31.7 Å². The van der Waals surface area contributed by atoms with E-state index in [1.807, 2.05) is 0 Å². The summed E-state index contributed by atoms with van der Waals surface area (Å²) in [6.07, 6.45) is -20.7. The van der Waals surface area contributed by atoms with E-state index >= 15 is 0 Å². The van der Waals surface area contributed by atoms with Crippen LogP contribution in [0.15, 0.2) is 0 Å². The Morgan fingerprint density at radius 1 is 0.635 bits per heavy atom. The molecule has 0 aromatic rings. The van der Waals surface area contributed by atoms with Crippen molar-refractivity contribution in [2.45, 2.75) is 191 Å². The third-order valence-corrected chi connectivity index (χ3v) is 10.6. The standard InChI is InChI=1S/C38H65N2O22P/c1-7-19(42)13-25(44)39-31-35(60-29(48)14-20(43)8-2)33(50)24(58-37(31)51)18-55-38-32(40-26(45)15-21(9-3)56-27(46)11-5)36(34(23(17-41)59-38)62-63(52,53)54)61-30(49)16-22(10-4)57-28(47)12-6/h19-24,31-38,41-43,50-51H,7-18H2,1-6H3,(H,39,44)(H,40,45)(H2,52,53,54)/t19-,20-,21-,22-,23?,24?,31?,32?,33-,34-,35-,36-,37+,38-/m1/s1. The van der Waals surface area contributed by atoms with Gasteiger partial charge in [0.15, 0.2) is 24.8 Å². The Morgan fingerprint density at radius 3 is 1.67 bits per heavy atom. The maximum absolute atomic E-state index is 13.6. The van der Waals surface area contributed by atoms with E-state index in [1.54, 1.807) is 27.7 Å². The molecule has 2 aliphatic rings. The Labute approximate surface area is 364 Å². The number of rotatable bonds is 26. The normalized spacial score (nSPS) is 28.1. The summed E-state index contributed by atoms with van der Waals surface area (Å²) < 4.78 is 56.2. The molecular weight excluding hydrogens is 867 g/mol. The number of hydrogen-bond donors (Lipinski definition) is 9. The van der Waals surface area contributed by atoms with Gasteiger partial charge in [0.1, 0.15) is 48.7 Å². The van der Waals surface area contributed by atoms with Crippen LogP contribution in [-0.4, -0.2) is 170 Å². The number of ether oxygens (including phenoxy) is 7. The summed E-state index contributed by atoms with van der Waals surface area (Å²) in [4.78, 5) is 96.6. The van der Waals surface area contributed by atoms with Crippen molar-refractivity contribution in [1.82, 2.24) is 10.6 Å². The van der Waals surface area contributed by atoms with E-state index in [1.165, 1.54) is 13.8 Å². The average Bonchev–Trinajstić information content (AvgIpc) is 3.22. The van der Waals surface area contributed by atoms with E-state index in [-0.39, 0.29) is 38.5 Å². The lowest BCUT2D eigenvalue weighted by molar-refractivity contribution is -0.298. The summed E-state index contributed by atoms with van der Waals surface area (Å²) >= 11 is 0. The van der Waals surface area contributed by atoms with Gasteiger partial charge in [-0.3, -0.25) is 33.3 Å². The van der Waals surface area contributed by atoms with E-state index in [0.29, 0.717) is 0 Å². The van der Waals surface area contributed by atoms with E-state index < -0.39 is 168 Å². The zero-order valence-corrected chi connectivity index (χ0v) is 37.2. The quantitative estimate of drug-likeness (QED) is 0.0275. The largest absolute Gasteiger partial charge is 0.470 e. The van der Waals surface area contributed by atoms with Crippen molar-refractivity contribution in [2.75, 3.05) is 13.2 Å². The Hall–Kier alpha value is -3.39. The van der Waals surface area contributed by atoms with Crippen LogP contribution in [0.1, 0.15) is 106 Å². The van der Waals surface area contributed by atoms with Crippen LogP contribution in [0.25, 0.3) is 0 Å². The van der Waals surface area contributed by atoms with E-state index in [9.17, 15) is 68.7 Å². The van der Waals surface area contributed by atoms with Crippen LogP contribution in [0.3, 0.4) is 0 Å². The van der Waals surface area contributed by atoms with Gasteiger partial charge in [0, 0.05) is 12.8 Å². The molecule has 14 atom stereocenters. The van der Waals surface area contributed by atoms with Crippen LogP contribution >= 0.6 is 7.82 Å². The molecule has 2 rings (SSSR count). The monoisotopic (exact) mass is 932 g/mol. The highest BCUT2D eigenvalue weighted by Crippen LogP contribution is 2.42. The first-order valence-corrected chi connectivity index (χ1v) is 22.5. The predicted molar refractivity (Wildman–Crippen MR) is 211 cm³/mol. The second kappa shape index (κ2) is 27.2. The van der Waals surface area contributed by atoms with Crippen LogP contribution in [0.2, 0.25) is 0 Å². The van der Waals surface area contributed by atoms with Crippen molar-refractivity contribution in [1.29, 1.82) is 0 Å². The maximum Gasteiger partial charge on any atom is 0.470 e. The van der Waals surface area contributed by atoms with Crippen LogP contribution < -0.4 is 10.6 Å². The van der Waals surface area contributed by atoms with E-state index in [0.717, 1.165) is 0 Å². The number of carbonyl (C=O) groups is 6. The van der Waals surface area contributed by atoms with Crippen LogP contribution in [-0.2, 0) is 71.0 Å². The number of amides is 2. The molecule has 0 radical (unpaired) electrons. The number of aliphatic hydroxyl groups is 5. The summed E-state index contributed by atoms with van der Waals surface area (Å²) in [6.45, 7) is 7.58. The number of esters is 4. The minimum atomic E-state index is -5.50. The van der Waals surface area contributed by atoms with Gasteiger partial charge < -0.3 is 79.1 Å². The summed E-state index contributed by atoms with van der Waals surface area (Å²) in [7, 11) is -5.50. The number of nitrogens with one attached hydrogen (secondary N) is 2. The number of carbonyl (C=O) groups excluding carboxylic acids is 6. The Kier molecular flexibility index (Phi) is 24.0. The molecule has 0 aromatic heterocycles. The molecule has 24 nitrogen and oxygen atoms in total. The minimum absolute atomic E-state index is 0.0155. The fourth-order valence-corrected chi connectivity index (χ4v) is 6.95. The van der Waals surface area contributed by atoms with E-state index in [2.05, 4.69) is 10.6 Å². The number of phosphoric ester groups is 1. The fraction of sp³-hybridized carbons (Fsp3) is 0.842. The Morgan fingerprint density at radius 2 is 1.14 bits per heavy atom. The molecule has 0 saturated carbocycles. The highest BCUT2D eigenvalue weighted by atomic mass is 31.2. The highest BCUT2D eigenvalue weighted by molar-refractivity contribution is 7.46. The molecule has 63 heavy (non-hydrogen) atoms. The number of phosphoric acid groups is 1. The van der Waals surface area contributed by atoms with Gasteiger partial charge in [-0.25, -0.2) is 4.57 Å². The second-order valence-electron chi connectivity index (χ2n) is 15.0. The maximum atomic E-state index is 13.6. The summed E-state index contributed by atoms with van der Waals surface area (Å²) in [5, 5.41) is 57.9. The first-order chi connectivity index (χ1) is 29.6. The zero-order valence-electron chi connectivity index (χ0n) is 36.3. The molecular formula is C38H65N2O22P. The predicted octanol–water partition coefficient (Wildman–Crippen LogP) is -1.36. The molecule has 0 aromatic carbocycles. The molecule has 4 unspecified atom stereocenters.